The number of aryl methyl sites for hydroxylation is 1. The summed E-state index contributed by atoms with van der Waals surface area (Å²) in [6.45, 7) is 13.0. The van der Waals surface area contributed by atoms with Crippen molar-refractivity contribution in [2.75, 3.05) is 13.1 Å². The van der Waals surface area contributed by atoms with E-state index in [0.717, 1.165) is 38.6 Å². The smallest absolute Gasteiger partial charge is 0.0725 e. The van der Waals surface area contributed by atoms with Crippen molar-refractivity contribution in [3.8, 4) is 0 Å². The molecule has 1 aliphatic heterocycles. The van der Waals surface area contributed by atoms with Crippen LogP contribution in [0.15, 0.2) is 18.2 Å². The van der Waals surface area contributed by atoms with Gasteiger partial charge in [0.15, 0.2) is 0 Å². The molecule has 112 valence electrons. The molecule has 0 unspecified atom stereocenters. The number of nitrogens with one attached hydrogen (secondary N) is 1. The van der Waals surface area contributed by atoms with Gasteiger partial charge in [0.05, 0.1) is 13.2 Å². The largest absolute Gasteiger partial charge is 0.372 e. The standard InChI is InChI=1S/C18H29NO/c1-14(2)10-19-13-18(3,4)8-7-15-5-6-16-11-20-12-17(16)9-15/h5-6,9,14,19H,7-8,10-13H2,1-4H3. The van der Waals surface area contributed by atoms with Crippen LogP contribution in [0, 0.1) is 11.3 Å². The normalized spacial score (nSPS) is 14.8. The molecule has 0 bridgehead atoms. The van der Waals surface area contributed by atoms with E-state index in [9.17, 15) is 0 Å². The predicted molar refractivity (Wildman–Crippen MR) is 84.7 cm³/mol. The highest BCUT2D eigenvalue weighted by molar-refractivity contribution is 5.33. The first-order chi connectivity index (χ1) is 9.46. The van der Waals surface area contributed by atoms with Crippen molar-refractivity contribution >= 4 is 0 Å². The SMILES string of the molecule is CC(C)CNCC(C)(C)CCc1ccc2c(c1)COC2. The van der Waals surface area contributed by atoms with E-state index in [4.69, 9.17) is 4.74 Å². The molecule has 0 aliphatic carbocycles. The molecule has 2 rings (SSSR count). The lowest BCUT2D eigenvalue weighted by molar-refractivity contribution is 0.134. The summed E-state index contributed by atoms with van der Waals surface area (Å²) in [5.41, 5.74) is 4.56. The van der Waals surface area contributed by atoms with Gasteiger partial charge < -0.3 is 10.1 Å². The Labute approximate surface area is 123 Å². The van der Waals surface area contributed by atoms with Gasteiger partial charge in [-0.05, 0) is 47.4 Å². The van der Waals surface area contributed by atoms with Crippen LogP contribution in [0.25, 0.3) is 0 Å². The van der Waals surface area contributed by atoms with Crippen molar-refractivity contribution in [2.45, 2.75) is 53.8 Å². The maximum atomic E-state index is 5.48. The summed E-state index contributed by atoms with van der Waals surface area (Å²) in [4.78, 5) is 0. The van der Waals surface area contributed by atoms with E-state index in [-0.39, 0.29) is 0 Å². The Bertz CT molecular complexity index is 437. The van der Waals surface area contributed by atoms with Gasteiger partial charge in [-0.25, -0.2) is 0 Å². The first-order valence-corrected chi connectivity index (χ1v) is 7.85. The van der Waals surface area contributed by atoms with Crippen LogP contribution in [0.4, 0.5) is 0 Å². The van der Waals surface area contributed by atoms with Crippen molar-refractivity contribution in [3.05, 3.63) is 34.9 Å². The minimum Gasteiger partial charge on any atom is -0.372 e. The fraction of sp³-hybridized carbons (Fsp3) is 0.667. The van der Waals surface area contributed by atoms with Crippen LogP contribution in [0.2, 0.25) is 0 Å². The summed E-state index contributed by atoms with van der Waals surface area (Å²) < 4.78 is 5.48. The van der Waals surface area contributed by atoms with Crippen LogP contribution in [0.1, 0.15) is 50.8 Å². The third-order valence-electron chi connectivity index (χ3n) is 4.03. The Kier molecular flexibility index (Phi) is 5.22. The van der Waals surface area contributed by atoms with Gasteiger partial charge in [0.2, 0.25) is 0 Å². The minimum absolute atomic E-state index is 0.352. The van der Waals surface area contributed by atoms with Crippen molar-refractivity contribution in [3.63, 3.8) is 0 Å². The molecule has 0 fully saturated rings. The lowest BCUT2D eigenvalue weighted by atomic mass is 9.85. The fourth-order valence-corrected chi connectivity index (χ4v) is 2.65. The predicted octanol–water partition coefficient (Wildman–Crippen LogP) is 3.92. The van der Waals surface area contributed by atoms with Crippen LogP contribution in [-0.2, 0) is 24.4 Å². The molecule has 1 aliphatic rings. The van der Waals surface area contributed by atoms with Crippen molar-refractivity contribution < 1.29 is 4.74 Å². The summed E-state index contributed by atoms with van der Waals surface area (Å²) >= 11 is 0. The maximum absolute atomic E-state index is 5.48. The molecule has 0 atom stereocenters. The van der Waals surface area contributed by atoms with Crippen LogP contribution < -0.4 is 5.32 Å². The van der Waals surface area contributed by atoms with E-state index in [1.54, 1.807) is 0 Å². The number of ether oxygens (including phenoxy) is 1. The zero-order chi connectivity index (χ0) is 14.6. The van der Waals surface area contributed by atoms with E-state index < -0.39 is 0 Å². The Morgan fingerprint density at radius 1 is 1.20 bits per heavy atom. The second kappa shape index (κ2) is 6.73. The first kappa shape index (κ1) is 15.5. The molecule has 1 heterocycles. The highest BCUT2D eigenvalue weighted by Gasteiger charge is 2.18. The van der Waals surface area contributed by atoms with Gasteiger partial charge in [-0.2, -0.15) is 0 Å². The van der Waals surface area contributed by atoms with Crippen LogP contribution in [-0.4, -0.2) is 13.1 Å². The molecular weight excluding hydrogens is 246 g/mol. The van der Waals surface area contributed by atoms with Gasteiger partial charge >= 0.3 is 0 Å². The molecule has 2 heteroatoms. The van der Waals surface area contributed by atoms with Gasteiger partial charge in [0.25, 0.3) is 0 Å². The summed E-state index contributed by atoms with van der Waals surface area (Å²) in [6.07, 6.45) is 2.38. The summed E-state index contributed by atoms with van der Waals surface area (Å²) in [5, 5.41) is 3.58. The number of hydrogen-bond donors (Lipinski definition) is 1. The maximum Gasteiger partial charge on any atom is 0.0725 e. The number of fused-ring (bicyclic) bond motifs is 1. The molecule has 0 saturated heterocycles. The molecule has 0 radical (unpaired) electrons. The third kappa shape index (κ3) is 4.60. The molecule has 2 nitrogen and oxygen atoms in total. The summed E-state index contributed by atoms with van der Waals surface area (Å²) in [5.74, 6) is 0.725. The average Bonchev–Trinajstić information content (AvgIpc) is 2.83. The Morgan fingerprint density at radius 3 is 2.70 bits per heavy atom. The fourth-order valence-electron chi connectivity index (χ4n) is 2.65. The zero-order valence-electron chi connectivity index (χ0n) is 13.5. The van der Waals surface area contributed by atoms with Gasteiger partial charge in [-0.15, -0.1) is 0 Å². The number of benzene rings is 1. The highest BCUT2D eigenvalue weighted by Crippen LogP contribution is 2.25. The third-order valence-corrected chi connectivity index (χ3v) is 4.03. The Hall–Kier alpha value is -0.860. The molecule has 0 spiro atoms. The minimum atomic E-state index is 0.352. The van der Waals surface area contributed by atoms with E-state index in [1.165, 1.54) is 23.1 Å². The lowest BCUT2D eigenvalue weighted by Crippen LogP contribution is -2.32. The lowest BCUT2D eigenvalue weighted by Gasteiger charge is -2.26. The molecule has 20 heavy (non-hydrogen) atoms. The topological polar surface area (TPSA) is 21.3 Å². The van der Waals surface area contributed by atoms with E-state index in [0.29, 0.717) is 5.41 Å². The Balaban J connectivity index is 1.81. The zero-order valence-corrected chi connectivity index (χ0v) is 13.5. The van der Waals surface area contributed by atoms with Crippen molar-refractivity contribution in [1.29, 1.82) is 0 Å². The Morgan fingerprint density at radius 2 is 1.95 bits per heavy atom. The second-order valence-corrected chi connectivity index (χ2v) is 7.28. The number of rotatable bonds is 7. The quantitative estimate of drug-likeness (QED) is 0.814. The van der Waals surface area contributed by atoms with Crippen molar-refractivity contribution in [1.82, 2.24) is 5.32 Å². The van der Waals surface area contributed by atoms with E-state index in [2.05, 4.69) is 51.2 Å². The van der Waals surface area contributed by atoms with Crippen LogP contribution in [0.3, 0.4) is 0 Å². The molecule has 1 aromatic rings. The van der Waals surface area contributed by atoms with Gasteiger partial charge in [-0.1, -0.05) is 45.9 Å². The molecule has 1 N–H and O–H groups in total. The monoisotopic (exact) mass is 275 g/mol. The molecule has 0 amide bonds. The summed E-state index contributed by atoms with van der Waals surface area (Å²) in [6, 6.07) is 6.84. The molecule has 0 saturated carbocycles. The molecule has 0 aromatic heterocycles. The number of hydrogen-bond acceptors (Lipinski definition) is 2. The van der Waals surface area contributed by atoms with Gasteiger partial charge in [0, 0.05) is 6.54 Å². The van der Waals surface area contributed by atoms with E-state index in [1.807, 2.05) is 0 Å². The van der Waals surface area contributed by atoms with Crippen molar-refractivity contribution in [2.24, 2.45) is 11.3 Å². The highest BCUT2D eigenvalue weighted by atomic mass is 16.5. The van der Waals surface area contributed by atoms with E-state index >= 15 is 0 Å². The average molecular weight is 275 g/mol. The van der Waals surface area contributed by atoms with Crippen LogP contribution in [0.5, 0.6) is 0 Å². The second-order valence-electron chi connectivity index (χ2n) is 7.28. The van der Waals surface area contributed by atoms with Crippen LogP contribution >= 0.6 is 0 Å². The first-order valence-electron chi connectivity index (χ1n) is 7.85. The summed E-state index contributed by atoms with van der Waals surface area (Å²) in [7, 11) is 0. The molecule has 1 aromatic carbocycles. The van der Waals surface area contributed by atoms with Gasteiger partial charge in [0.1, 0.15) is 0 Å². The van der Waals surface area contributed by atoms with Gasteiger partial charge in [-0.3, -0.25) is 0 Å². The molecular formula is C18H29NO.